The molecule has 0 radical (unpaired) electrons. The lowest BCUT2D eigenvalue weighted by atomic mass is 9.79. The lowest BCUT2D eigenvalue weighted by molar-refractivity contribution is 0.0873. The molecular weight excluding hydrogens is 362 g/mol. The zero-order valence-corrected chi connectivity index (χ0v) is 18.1. The van der Waals surface area contributed by atoms with E-state index in [2.05, 4.69) is 38.3 Å². The maximum absolute atomic E-state index is 12.8. The molecule has 0 atom stereocenters. The van der Waals surface area contributed by atoms with Gasteiger partial charge in [-0.25, -0.2) is 8.42 Å². The van der Waals surface area contributed by atoms with E-state index in [0.717, 1.165) is 12.8 Å². The number of benzene rings is 1. The van der Waals surface area contributed by atoms with Gasteiger partial charge in [-0.3, -0.25) is 4.79 Å². The van der Waals surface area contributed by atoms with Crippen LogP contribution in [-0.2, 0) is 10.0 Å². The summed E-state index contributed by atoms with van der Waals surface area (Å²) in [5.74, 6) is -0.231. The predicted molar refractivity (Wildman–Crippen MR) is 108 cm³/mol. The predicted octanol–water partition coefficient (Wildman–Crippen LogP) is 2.76. The van der Waals surface area contributed by atoms with Gasteiger partial charge in [0, 0.05) is 35.8 Å². The Hall–Kier alpha value is -1.44. The number of carbonyl (C=O) groups excluding carboxylic acids is 1. The Bertz CT molecular complexity index is 767. The second-order valence-electron chi connectivity index (χ2n) is 8.59. The minimum Gasteiger partial charge on any atom is -0.349 e. The van der Waals surface area contributed by atoms with E-state index in [4.69, 9.17) is 0 Å². The maximum Gasteiger partial charge on any atom is 0.251 e. The number of piperidine rings is 1. The van der Waals surface area contributed by atoms with Crippen LogP contribution < -0.4 is 10.6 Å². The van der Waals surface area contributed by atoms with Crippen molar-refractivity contribution in [3.05, 3.63) is 29.8 Å². The Morgan fingerprint density at radius 2 is 1.70 bits per heavy atom. The zero-order chi connectivity index (χ0) is 20.5. The van der Waals surface area contributed by atoms with E-state index in [0.29, 0.717) is 18.7 Å². The van der Waals surface area contributed by atoms with Crippen molar-refractivity contribution in [1.29, 1.82) is 0 Å². The molecule has 0 aliphatic carbocycles. The van der Waals surface area contributed by atoms with Gasteiger partial charge in [0.15, 0.2) is 0 Å². The first-order chi connectivity index (χ1) is 12.4. The van der Waals surface area contributed by atoms with E-state index in [1.54, 1.807) is 32.0 Å². The van der Waals surface area contributed by atoms with Crippen molar-refractivity contribution in [2.75, 3.05) is 13.1 Å². The Balaban J connectivity index is 2.21. The normalized spacial score (nSPS) is 19.8. The van der Waals surface area contributed by atoms with E-state index in [9.17, 15) is 13.2 Å². The zero-order valence-electron chi connectivity index (χ0n) is 17.3. The molecule has 0 saturated carbocycles. The molecule has 6 nitrogen and oxygen atoms in total. The number of hydrogen-bond donors (Lipinski definition) is 2. The molecule has 0 spiro atoms. The molecule has 0 bridgehead atoms. The summed E-state index contributed by atoms with van der Waals surface area (Å²) in [7, 11) is -3.58. The highest BCUT2D eigenvalue weighted by Crippen LogP contribution is 2.28. The topological polar surface area (TPSA) is 78.5 Å². The molecular formula is C20H33N3O3S. The molecule has 1 aromatic carbocycles. The number of nitrogens with one attached hydrogen (secondary N) is 2. The molecule has 0 aromatic heterocycles. The summed E-state index contributed by atoms with van der Waals surface area (Å²) in [5.41, 5.74) is 0.221. The number of sulfonamides is 1. The number of nitrogens with zero attached hydrogens (tertiary/aromatic N) is 1. The van der Waals surface area contributed by atoms with Gasteiger partial charge in [0.05, 0.1) is 4.90 Å². The summed E-state index contributed by atoms with van der Waals surface area (Å²) < 4.78 is 26.8. The first kappa shape index (κ1) is 21.9. The fourth-order valence-electron chi connectivity index (χ4n) is 4.20. The monoisotopic (exact) mass is 395 g/mol. The maximum atomic E-state index is 12.8. The fraction of sp³-hybridized carbons (Fsp3) is 0.650. The molecule has 27 heavy (non-hydrogen) atoms. The van der Waals surface area contributed by atoms with Gasteiger partial charge in [-0.2, -0.15) is 4.31 Å². The fourth-order valence-corrected chi connectivity index (χ4v) is 5.71. The minimum absolute atomic E-state index is 0.0341. The first-order valence-corrected chi connectivity index (χ1v) is 11.0. The van der Waals surface area contributed by atoms with Crippen LogP contribution in [0.1, 0.15) is 64.7 Å². The largest absolute Gasteiger partial charge is 0.349 e. The van der Waals surface area contributed by atoms with Crippen LogP contribution in [0.5, 0.6) is 0 Å². The van der Waals surface area contributed by atoms with Gasteiger partial charge in [-0.15, -0.1) is 0 Å². The average Bonchev–Trinajstić information content (AvgIpc) is 2.52. The van der Waals surface area contributed by atoms with Crippen molar-refractivity contribution in [3.63, 3.8) is 0 Å². The second-order valence-corrected chi connectivity index (χ2v) is 10.5. The smallest absolute Gasteiger partial charge is 0.251 e. The molecule has 1 heterocycles. The lowest BCUT2D eigenvalue weighted by Crippen LogP contribution is -2.62. The van der Waals surface area contributed by atoms with Crippen LogP contribution in [0.15, 0.2) is 29.2 Å². The highest BCUT2D eigenvalue weighted by Gasteiger charge is 2.38. The summed E-state index contributed by atoms with van der Waals surface area (Å²) >= 11 is 0. The van der Waals surface area contributed by atoms with Crippen LogP contribution in [0.2, 0.25) is 0 Å². The quantitative estimate of drug-likeness (QED) is 0.776. The third-order valence-electron chi connectivity index (χ3n) is 4.96. The minimum atomic E-state index is -3.58. The van der Waals surface area contributed by atoms with Crippen molar-refractivity contribution >= 4 is 15.9 Å². The van der Waals surface area contributed by atoms with Crippen LogP contribution in [-0.4, -0.2) is 48.8 Å². The molecule has 152 valence electrons. The highest BCUT2D eigenvalue weighted by molar-refractivity contribution is 7.89. The molecule has 7 heteroatoms. The molecule has 0 unspecified atom stereocenters. The Morgan fingerprint density at radius 3 is 2.22 bits per heavy atom. The van der Waals surface area contributed by atoms with E-state index in [1.165, 1.54) is 10.4 Å². The summed E-state index contributed by atoms with van der Waals surface area (Å²) in [6.45, 7) is 12.9. The van der Waals surface area contributed by atoms with Crippen molar-refractivity contribution in [2.24, 2.45) is 0 Å². The molecule has 2 N–H and O–H groups in total. The van der Waals surface area contributed by atoms with Crippen LogP contribution in [0.4, 0.5) is 0 Å². The van der Waals surface area contributed by atoms with Crippen molar-refractivity contribution < 1.29 is 13.2 Å². The Kier molecular flexibility index (Phi) is 6.39. The number of carbonyl (C=O) groups is 1. The van der Waals surface area contributed by atoms with Gasteiger partial charge < -0.3 is 10.6 Å². The highest BCUT2D eigenvalue weighted by atomic mass is 32.2. The molecule has 1 saturated heterocycles. The van der Waals surface area contributed by atoms with E-state index in [-0.39, 0.29) is 27.9 Å². The Labute approximate surface area is 163 Å². The van der Waals surface area contributed by atoms with Crippen LogP contribution >= 0.6 is 0 Å². The summed E-state index contributed by atoms with van der Waals surface area (Å²) in [6, 6.07) is 6.34. The first-order valence-electron chi connectivity index (χ1n) is 9.60. The molecule has 1 aliphatic rings. The summed E-state index contributed by atoms with van der Waals surface area (Å²) in [6.07, 6.45) is 1.64. The Morgan fingerprint density at radius 1 is 1.15 bits per heavy atom. The van der Waals surface area contributed by atoms with Crippen LogP contribution in [0, 0.1) is 0 Å². The van der Waals surface area contributed by atoms with E-state index in [1.807, 2.05) is 0 Å². The third-order valence-corrected chi connectivity index (χ3v) is 7.01. The van der Waals surface area contributed by atoms with Crippen molar-refractivity contribution in [1.82, 2.24) is 14.9 Å². The summed E-state index contributed by atoms with van der Waals surface area (Å²) in [4.78, 5) is 12.9. The third kappa shape index (κ3) is 5.30. The molecule has 1 aromatic rings. The second kappa shape index (κ2) is 7.89. The molecule has 1 aliphatic heterocycles. The van der Waals surface area contributed by atoms with Gasteiger partial charge in [-0.05, 0) is 58.7 Å². The van der Waals surface area contributed by atoms with Gasteiger partial charge in [0.2, 0.25) is 10.0 Å². The average molecular weight is 396 g/mol. The van der Waals surface area contributed by atoms with E-state index >= 15 is 0 Å². The molecule has 2 rings (SSSR count). The van der Waals surface area contributed by atoms with E-state index < -0.39 is 10.0 Å². The van der Waals surface area contributed by atoms with Crippen molar-refractivity contribution in [2.45, 2.75) is 76.4 Å². The number of rotatable bonds is 6. The van der Waals surface area contributed by atoms with Crippen molar-refractivity contribution in [3.8, 4) is 0 Å². The number of hydrogen-bond acceptors (Lipinski definition) is 4. The molecule has 1 amide bonds. The summed E-state index contributed by atoms with van der Waals surface area (Å²) in [5, 5.41) is 6.69. The van der Waals surface area contributed by atoms with Gasteiger partial charge in [0.1, 0.15) is 0 Å². The van der Waals surface area contributed by atoms with Crippen LogP contribution in [0.3, 0.4) is 0 Å². The molecule has 1 fully saturated rings. The van der Waals surface area contributed by atoms with Gasteiger partial charge >= 0.3 is 0 Å². The van der Waals surface area contributed by atoms with Gasteiger partial charge in [-0.1, -0.05) is 19.9 Å². The number of amides is 1. The SMILES string of the molecule is CCN(CC)S(=O)(=O)c1cccc(C(=O)NC2CC(C)(C)NC(C)(C)C2)c1. The van der Waals surface area contributed by atoms with Gasteiger partial charge in [0.25, 0.3) is 5.91 Å². The standard InChI is InChI=1S/C20H33N3O3S/c1-7-23(8-2)27(25,26)17-11-9-10-15(12-17)18(24)21-16-13-19(3,4)22-20(5,6)14-16/h9-12,16,22H,7-8,13-14H2,1-6H3,(H,21,24). The lowest BCUT2D eigenvalue weighted by Gasteiger charge is -2.46. The van der Waals surface area contributed by atoms with Crippen LogP contribution in [0.25, 0.3) is 0 Å².